The van der Waals surface area contributed by atoms with Gasteiger partial charge in [0, 0.05) is 0 Å². The summed E-state index contributed by atoms with van der Waals surface area (Å²) in [4.78, 5) is 0. The second-order valence-corrected chi connectivity index (χ2v) is 18.2. The molecule has 0 unspecified atom stereocenters. The summed E-state index contributed by atoms with van der Waals surface area (Å²) < 4.78 is 0.837. The molecule has 0 bridgehead atoms. The van der Waals surface area contributed by atoms with Crippen molar-refractivity contribution in [2.24, 2.45) is 0 Å². The third-order valence-corrected chi connectivity index (χ3v) is 10.0. The number of rotatable bonds is 35. The molecule has 0 fully saturated rings. The van der Waals surface area contributed by atoms with E-state index in [-0.39, 0.29) is 0 Å². The highest BCUT2D eigenvalue weighted by atomic mass is 127. The van der Waals surface area contributed by atoms with E-state index in [0.717, 1.165) is 1.93 Å². The van der Waals surface area contributed by atoms with Gasteiger partial charge in [-0.25, -0.2) is 0 Å². The van der Waals surface area contributed by atoms with E-state index in [1.54, 1.807) is 0 Å². The van der Waals surface area contributed by atoms with Gasteiger partial charge in [0.05, 0.1) is 1.93 Å². The van der Waals surface area contributed by atoms with E-state index in [1.807, 2.05) is 0 Å². The van der Waals surface area contributed by atoms with Crippen molar-refractivity contribution >= 4 is 45.2 Å². The van der Waals surface area contributed by atoms with Crippen LogP contribution in [0.5, 0.6) is 0 Å². The molecule has 0 aliphatic rings. The predicted molar refractivity (Wildman–Crippen MR) is 199 cm³/mol. The molecule has 0 aromatic carbocycles. The van der Waals surface area contributed by atoms with Crippen LogP contribution in [0.25, 0.3) is 0 Å². The van der Waals surface area contributed by atoms with Gasteiger partial charge in [0.25, 0.3) is 0 Å². The maximum absolute atomic E-state index is 2.55. The van der Waals surface area contributed by atoms with E-state index in [9.17, 15) is 0 Å². The highest BCUT2D eigenvalue weighted by Crippen LogP contribution is 2.20. The fraction of sp³-hybridized carbons (Fsp3) is 1.00. The summed E-state index contributed by atoms with van der Waals surface area (Å²) >= 11 is 5.09. The Kier molecular flexibility index (Phi) is 38.9. The summed E-state index contributed by atoms with van der Waals surface area (Å²) in [5.74, 6) is 0. The lowest BCUT2D eigenvalue weighted by molar-refractivity contribution is 0.511. The lowest BCUT2D eigenvalue weighted by Gasteiger charge is -2.05. The smallest absolute Gasteiger partial charge is 0.0626 e. The third-order valence-electron chi connectivity index (χ3n) is 8.78. The first kappa shape index (κ1) is 40.5. The number of hydrogen-bond acceptors (Lipinski definition) is 0. The maximum atomic E-state index is 2.55. The zero-order valence-corrected chi connectivity index (χ0v) is 31.4. The van der Waals surface area contributed by atoms with E-state index in [1.165, 1.54) is 225 Å². The summed E-state index contributed by atoms with van der Waals surface area (Å²) in [6.07, 6.45) is 51.8. The molecular weight excluding hydrogens is 698 g/mol. The molecule has 0 aromatic rings. The Labute approximate surface area is 276 Å². The van der Waals surface area contributed by atoms with Crippen LogP contribution >= 0.6 is 45.2 Å². The first-order chi connectivity index (χ1) is 19.3. The van der Waals surface area contributed by atoms with Crippen LogP contribution in [0.15, 0.2) is 0 Å². The van der Waals surface area contributed by atoms with Gasteiger partial charge in [0.15, 0.2) is 0 Å². The summed E-state index contributed by atoms with van der Waals surface area (Å²) in [5, 5.41) is 0. The van der Waals surface area contributed by atoms with Crippen LogP contribution in [0.4, 0.5) is 0 Å². The van der Waals surface area contributed by atoms with E-state index in [4.69, 9.17) is 0 Å². The Hall–Kier alpha value is 1.46. The fourth-order valence-electron chi connectivity index (χ4n) is 6.03. The molecule has 0 amide bonds. The fourth-order valence-corrected chi connectivity index (χ4v) is 6.91. The molecule has 2 heteroatoms. The van der Waals surface area contributed by atoms with Gasteiger partial charge in [-0.2, -0.15) is 0 Å². The second-order valence-electron chi connectivity index (χ2n) is 12.8. The van der Waals surface area contributed by atoms with Crippen molar-refractivity contribution in [1.29, 1.82) is 0 Å². The van der Waals surface area contributed by atoms with E-state index >= 15 is 0 Å². The molecule has 0 N–H and O–H groups in total. The normalized spacial score (nSPS) is 11.7. The molecule has 236 valence electrons. The SMILES string of the molecule is CCCCCCCCCCCCCCCCCCCCCCCCCCCCCCCCCCCCC(I)I. The van der Waals surface area contributed by atoms with Crippen molar-refractivity contribution in [1.82, 2.24) is 0 Å². The van der Waals surface area contributed by atoms with Gasteiger partial charge in [0.2, 0.25) is 0 Å². The predicted octanol–water partition coefficient (Wildman–Crippen LogP) is 15.9. The van der Waals surface area contributed by atoms with Crippen LogP contribution in [0.2, 0.25) is 0 Å². The van der Waals surface area contributed by atoms with Crippen LogP contribution in [0.1, 0.15) is 232 Å². The standard InChI is InChI=1S/C37H74I2/c1-2-3-4-5-6-7-8-9-10-11-12-13-14-15-16-17-18-19-20-21-22-23-24-25-26-27-28-29-30-31-32-33-34-35-36-37(38)39/h37H,2-36H2,1H3. The van der Waals surface area contributed by atoms with Crippen molar-refractivity contribution in [2.75, 3.05) is 0 Å². The van der Waals surface area contributed by atoms with Gasteiger partial charge < -0.3 is 0 Å². The van der Waals surface area contributed by atoms with Gasteiger partial charge in [-0.05, 0) is 6.42 Å². The topological polar surface area (TPSA) is 0 Å². The molecule has 0 radical (unpaired) electrons. The van der Waals surface area contributed by atoms with Crippen molar-refractivity contribution in [2.45, 2.75) is 234 Å². The van der Waals surface area contributed by atoms with Gasteiger partial charge >= 0.3 is 0 Å². The van der Waals surface area contributed by atoms with Gasteiger partial charge in [-0.1, -0.05) is 270 Å². The molecule has 0 atom stereocenters. The first-order valence-electron chi connectivity index (χ1n) is 18.6. The maximum Gasteiger partial charge on any atom is 0.0626 e. The number of alkyl halides is 2. The Morgan fingerprint density at radius 2 is 0.410 bits per heavy atom. The molecule has 0 saturated carbocycles. The molecule has 0 aliphatic carbocycles. The van der Waals surface area contributed by atoms with Gasteiger partial charge in [-0.3, -0.25) is 0 Å². The summed E-state index contributed by atoms with van der Waals surface area (Å²) in [5.41, 5.74) is 0. The third kappa shape index (κ3) is 39.5. The van der Waals surface area contributed by atoms with Crippen LogP contribution in [0, 0.1) is 0 Å². The van der Waals surface area contributed by atoms with Crippen molar-refractivity contribution in [3.05, 3.63) is 0 Å². The number of unbranched alkanes of at least 4 members (excludes halogenated alkanes) is 33. The lowest BCUT2D eigenvalue weighted by atomic mass is 10.0. The Bertz CT molecular complexity index is 408. The molecule has 0 nitrogen and oxygen atoms in total. The highest BCUT2D eigenvalue weighted by Gasteiger charge is 1.99. The number of hydrogen-bond donors (Lipinski definition) is 0. The molecule has 0 rings (SSSR count). The molecule has 0 aliphatic heterocycles. The Balaban J connectivity index is 3.02. The van der Waals surface area contributed by atoms with Crippen LogP contribution in [-0.4, -0.2) is 1.93 Å². The van der Waals surface area contributed by atoms with Gasteiger partial charge in [-0.15, -0.1) is 0 Å². The van der Waals surface area contributed by atoms with Gasteiger partial charge in [0.1, 0.15) is 0 Å². The van der Waals surface area contributed by atoms with Crippen LogP contribution in [0.3, 0.4) is 0 Å². The molecule has 0 heterocycles. The van der Waals surface area contributed by atoms with Crippen molar-refractivity contribution in [3.8, 4) is 0 Å². The van der Waals surface area contributed by atoms with E-state index < -0.39 is 0 Å². The average Bonchev–Trinajstić information content (AvgIpc) is 2.93. The van der Waals surface area contributed by atoms with E-state index in [2.05, 4.69) is 52.1 Å². The van der Waals surface area contributed by atoms with Crippen molar-refractivity contribution < 1.29 is 0 Å². The zero-order valence-electron chi connectivity index (χ0n) is 27.1. The van der Waals surface area contributed by atoms with Crippen LogP contribution < -0.4 is 0 Å². The minimum Gasteiger partial charge on any atom is -0.0710 e. The van der Waals surface area contributed by atoms with Crippen molar-refractivity contribution in [3.63, 3.8) is 0 Å². The zero-order chi connectivity index (χ0) is 28.3. The Morgan fingerprint density at radius 3 is 0.564 bits per heavy atom. The molecule has 39 heavy (non-hydrogen) atoms. The molecule has 0 spiro atoms. The van der Waals surface area contributed by atoms with Crippen LogP contribution in [-0.2, 0) is 0 Å². The second kappa shape index (κ2) is 37.5. The quantitative estimate of drug-likeness (QED) is 0.0342. The minimum absolute atomic E-state index is 0.837. The molecule has 0 saturated heterocycles. The highest BCUT2D eigenvalue weighted by molar-refractivity contribution is 14.2. The lowest BCUT2D eigenvalue weighted by Crippen LogP contribution is -1.86. The average molecular weight is 773 g/mol. The Morgan fingerprint density at radius 1 is 0.256 bits per heavy atom. The minimum atomic E-state index is 0.837. The molecule has 0 aromatic heterocycles. The monoisotopic (exact) mass is 772 g/mol. The van der Waals surface area contributed by atoms with E-state index in [0.29, 0.717) is 0 Å². The number of halogens is 2. The molecular formula is C37H74I2. The summed E-state index contributed by atoms with van der Waals surface area (Å²) in [6, 6.07) is 0. The first-order valence-corrected chi connectivity index (χ1v) is 21.0. The summed E-state index contributed by atoms with van der Waals surface area (Å²) in [7, 11) is 0. The summed E-state index contributed by atoms with van der Waals surface area (Å²) in [6.45, 7) is 2.31. The largest absolute Gasteiger partial charge is 0.0710 e.